The zero-order valence-corrected chi connectivity index (χ0v) is 35.9. The molecule has 0 spiro atoms. The minimum absolute atomic E-state index is 0. The third-order valence-electron chi connectivity index (χ3n) is 8.28. The van der Waals surface area contributed by atoms with Crippen LogP contribution in [-0.2, 0) is 42.6 Å². The number of hydrogen-bond donors (Lipinski definition) is 2. The Morgan fingerprint density at radius 3 is 1.28 bits per heavy atom. The number of nitrogens with zero attached hydrogens (tertiary/aromatic N) is 6. The fourth-order valence-corrected chi connectivity index (χ4v) is 6.43. The van der Waals surface area contributed by atoms with Crippen LogP contribution in [0.1, 0.15) is 25.0 Å². The summed E-state index contributed by atoms with van der Waals surface area (Å²) in [7, 11) is -8.78. The molecule has 0 bridgehead atoms. The third kappa shape index (κ3) is 10.8. The molecule has 0 amide bonds. The van der Waals surface area contributed by atoms with Crippen molar-refractivity contribution in [2.45, 2.75) is 26.7 Å². The summed E-state index contributed by atoms with van der Waals surface area (Å²) in [6, 6.07) is 8.43. The van der Waals surface area contributed by atoms with Gasteiger partial charge in [0, 0.05) is 65.3 Å². The Morgan fingerprint density at radius 1 is 0.596 bits per heavy atom. The molecular formula is C36H28BaN6O12S2. The van der Waals surface area contributed by atoms with Crippen LogP contribution in [0.5, 0.6) is 0 Å². The maximum Gasteiger partial charge on any atom is 2.00 e. The molecule has 2 atom stereocenters. The number of rotatable bonds is 8. The van der Waals surface area contributed by atoms with E-state index in [1.807, 2.05) is 13.8 Å². The quantitative estimate of drug-likeness (QED) is 0.101. The number of non-ortho nitro benzene ring substituents is 2. The molecule has 2 aromatic rings. The molecule has 0 aliphatic heterocycles. The Hall–Kier alpha value is -4.85. The SMILES string of the molecule is CCc1ccc([N+](=O)[O-])cc1N=NC1=C2C=CC(=S(=O)([O-])O)C=C2C=CC1=O.CCc1ccc([N+](=O)[O-])cc1N=NC1=C2C=CC(=S(=O)([O-])O)C=C2C=CC1=O.[Ba+2]. The zero-order valence-electron chi connectivity index (χ0n) is 29.8. The molecule has 0 radical (unpaired) electrons. The van der Waals surface area contributed by atoms with Crippen molar-refractivity contribution in [2.75, 3.05) is 0 Å². The normalized spacial score (nSPS) is 18.0. The van der Waals surface area contributed by atoms with Gasteiger partial charge in [0.1, 0.15) is 11.4 Å². The van der Waals surface area contributed by atoms with Crippen LogP contribution in [0.2, 0.25) is 0 Å². The molecule has 0 heterocycles. The molecule has 0 saturated heterocycles. The summed E-state index contributed by atoms with van der Waals surface area (Å²) in [5.74, 6) is -0.890. The molecule has 6 rings (SSSR count). The van der Waals surface area contributed by atoms with Gasteiger partial charge in [0.05, 0.1) is 21.2 Å². The van der Waals surface area contributed by atoms with Gasteiger partial charge in [-0.3, -0.25) is 38.2 Å². The van der Waals surface area contributed by atoms with Crippen molar-refractivity contribution in [2.24, 2.45) is 20.5 Å². The van der Waals surface area contributed by atoms with Gasteiger partial charge < -0.3 is 18.2 Å². The Kier molecular flexibility index (Phi) is 14.6. The van der Waals surface area contributed by atoms with Gasteiger partial charge in [-0.15, -0.1) is 20.5 Å². The summed E-state index contributed by atoms with van der Waals surface area (Å²) in [6.45, 7) is 3.71. The second-order valence-electron chi connectivity index (χ2n) is 11.8. The van der Waals surface area contributed by atoms with Gasteiger partial charge in [0.25, 0.3) is 11.4 Å². The number of allylic oxidation sites excluding steroid dienone is 14. The van der Waals surface area contributed by atoms with Gasteiger partial charge in [-0.2, -0.15) is 0 Å². The summed E-state index contributed by atoms with van der Waals surface area (Å²) in [4.78, 5) is 44.7. The Balaban J connectivity index is 0.000000248. The fourth-order valence-electron chi connectivity index (χ4n) is 5.39. The minimum atomic E-state index is -4.39. The summed E-state index contributed by atoms with van der Waals surface area (Å²) >= 11 is 0. The maximum absolute atomic E-state index is 12.2. The predicted molar refractivity (Wildman–Crippen MR) is 210 cm³/mol. The van der Waals surface area contributed by atoms with Crippen molar-refractivity contribution in [1.29, 1.82) is 0 Å². The first kappa shape index (κ1) is 44.9. The summed E-state index contributed by atoms with van der Waals surface area (Å²) in [6.07, 6.45) is 13.8. The number of benzene rings is 2. The van der Waals surface area contributed by atoms with E-state index >= 15 is 0 Å². The molecule has 0 saturated carbocycles. The average Bonchev–Trinajstić information content (AvgIpc) is 3.16. The molecule has 2 unspecified atom stereocenters. The summed E-state index contributed by atoms with van der Waals surface area (Å²) in [5.41, 5.74) is 3.03. The van der Waals surface area contributed by atoms with Crippen LogP contribution >= 0.6 is 0 Å². The van der Waals surface area contributed by atoms with Crippen molar-refractivity contribution in [3.63, 3.8) is 0 Å². The van der Waals surface area contributed by atoms with Gasteiger partial charge in [-0.05, 0) is 71.6 Å². The summed E-state index contributed by atoms with van der Waals surface area (Å²) < 4.78 is 63.5. The van der Waals surface area contributed by atoms with Crippen LogP contribution in [0, 0.1) is 20.2 Å². The van der Waals surface area contributed by atoms with Crippen molar-refractivity contribution in [3.8, 4) is 0 Å². The van der Waals surface area contributed by atoms with E-state index in [1.165, 1.54) is 72.9 Å². The molecule has 57 heavy (non-hydrogen) atoms. The van der Waals surface area contributed by atoms with E-state index in [0.29, 0.717) is 35.1 Å². The predicted octanol–water partition coefficient (Wildman–Crippen LogP) is 6.00. The molecule has 2 aromatic carbocycles. The molecular weight excluding hydrogens is 910 g/mol. The van der Waals surface area contributed by atoms with Crippen molar-refractivity contribution < 1.29 is 46.1 Å². The molecule has 2 N–H and O–H groups in total. The molecule has 4 aliphatic carbocycles. The van der Waals surface area contributed by atoms with E-state index in [0.717, 1.165) is 23.3 Å². The van der Waals surface area contributed by atoms with Crippen LogP contribution in [0.3, 0.4) is 0 Å². The van der Waals surface area contributed by atoms with Gasteiger partial charge >= 0.3 is 48.9 Å². The van der Waals surface area contributed by atoms with Crippen molar-refractivity contribution >= 4 is 113 Å². The number of hydrogen-bond acceptors (Lipinski definition) is 14. The monoisotopic (exact) mass is 938 g/mol. The minimum Gasteiger partial charge on any atom is -0.757 e. The molecule has 18 nitrogen and oxygen atoms in total. The maximum atomic E-state index is 12.2. The number of nitro groups is 2. The van der Waals surface area contributed by atoms with Gasteiger partial charge in [-0.25, -0.2) is 0 Å². The number of aryl methyl sites for hydroxylation is 2. The Labute approximate surface area is 365 Å². The van der Waals surface area contributed by atoms with E-state index in [2.05, 4.69) is 20.5 Å². The molecule has 4 aliphatic rings. The number of carbonyl (C=O) groups excluding carboxylic acids is 2. The topological polar surface area (TPSA) is 291 Å². The van der Waals surface area contributed by atoms with E-state index < -0.39 is 41.6 Å². The van der Waals surface area contributed by atoms with Crippen LogP contribution in [0.15, 0.2) is 151 Å². The number of nitro benzene ring substituents is 2. The second-order valence-corrected chi connectivity index (χ2v) is 14.6. The van der Waals surface area contributed by atoms with E-state index in [1.54, 1.807) is 12.1 Å². The third-order valence-corrected chi connectivity index (χ3v) is 9.98. The van der Waals surface area contributed by atoms with Gasteiger partial charge in [-0.1, -0.05) is 50.3 Å². The molecule has 21 heteroatoms. The molecule has 288 valence electrons. The first-order chi connectivity index (χ1) is 26.4. The first-order valence-corrected chi connectivity index (χ1v) is 19.1. The Morgan fingerprint density at radius 2 is 0.965 bits per heavy atom. The number of ketones is 2. The zero-order chi connectivity index (χ0) is 40.9. The van der Waals surface area contributed by atoms with Crippen LogP contribution < -0.4 is 0 Å². The standard InChI is InChI=1S/2C18H15N3O6S.Ba/c2*1-2-11-3-5-13(21(23)24)10-16(11)19-20-18-15-7-6-14(28(25,26)27)9-12(15)4-8-17(18)22;/h2*3-10H,2H2,1H3,(H2,25,26,27);/q;;+2/p-2. The van der Waals surface area contributed by atoms with Gasteiger partial charge in [0.2, 0.25) is 11.6 Å². The Bertz CT molecular complexity index is 2500. The van der Waals surface area contributed by atoms with Crippen LogP contribution in [0.25, 0.3) is 0 Å². The average molecular weight is 938 g/mol. The number of fused-ring (bicyclic) bond motifs is 2. The summed E-state index contributed by atoms with van der Waals surface area (Å²) in [5, 5.41) is 38.0. The smallest absolute Gasteiger partial charge is 0.757 e. The van der Waals surface area contributed by atoms with Crippen LogP contribution in [-0.4, -0.2) is 107 Å². The van der Waals surface area contributed by atoms with Crippen molar-refractivity contribution in [1.82, 2.24) is 0 Å². The fraction of sp³-hybridized carbons (Fsp3) is 0.111. The molecule has 0 aromatic heterocycles. The van der Waals surface area contributed by atoms with E-state index in [9.17, 15) is 47.3 Å². The largest absolute Gasteiger partial charge is 2.00 e. The molecule has 0 fully saturated rings. The van der Waals surface area contributed by atoms with Crippen LogP contribution in [0.4, 0.5) is 22.7 Å². The first-order valence-electron chi connectivity index (χ1n) is 16.2. The van der Waals surface area contributed by atoms with Gasteiger partial charge in [0.15, 0.2) is 0 Å². The number of azo groups is 2. The van der Waals surface area contributed by atoms with Crippen molar-refractivity contribution in [3.05, 3.63) is 162 Å². The van der Waals surface area contributed by atoms with E-state index in [-0.39, 0.29) is 92.8 Å². The second kappa shape index (κ2) is 18.6. The number of carbonyl (C=O) groups is 2. The van der Waals surface area contributed by atoms with E-state index in [4.69, 9.17) is 9.11 Å².